The molecule has 1 aliphatic heterocycles. The number of likely N-dealkylation sites (N-methyl/N-ethyl adjacent to an activating group) is 1. The summed E-state index contributed by atoms with van der Waals surface area (Å²) in [7, 11) is 3.25. The predicted molar refractivity (Wildman–Crippen MR) is 106 cm³/mol. The van der Waals surface area contributed by atoms with Gasteiger partial charge in [-0.15, -0.1) is 0 Å². The highest BCUT2D eigenvalue weighted by atomic mass is 32.2. The Bertz CT molecular complexity index is 981. The fraction of sp³-hybridized carbons (Fsp3) is 0.150. The molecule has 0 saturated carbocycles. The number of benzene rings is 2. The molecule has 0 unspecified atom stereocenters. The molecule has 0 radical (unpaired) electrons. The molecule has 1 amide bonds. The van der Waals surface area contributed by atoms with Crippen molar-refractivity contribution in [3.05, 3.63) is 64.6 Å². The molecule has 27 heavy (non-hydrogen) atoms. The van der Waals surface area contributed by atoms with Crippen LogP contribution in [0.2, 0.25) is 0 Å². The lowest BCUT2D eigenvalue weighted by molar-refractivity contribution is -0.121. The van der Waals surface area contributed by atoms with Crippen LogP contribution in [0.3, 0.4) is 0 Å². The number of allylic oxidation sites excluding steroid dienone is 1. The van der Waals surface area contributed by atoms with Crippen molar-refractivity contribution in [1.29, 1.82) is 0 Å². The molecule has 0 atom stereocenters. The van der Waals surface area contributed by atoms with Crippen molar-refractivity contribution >= 4 is 40.1 Å². The van der Waals surface area contributed by atoms with Gasteiger partial charge in [0.15, 0.2) is 5.17 Å². The third kappa shape index (κ3) is 3.88. The second-order valence-electron chi connectivity index (χ2n) is 5.90. The van der Waals surface area contributed by atoms with Crippen LogP contribution in [0, 0.1) is 0 Å². The normalized spacial score (nSPS) is 17.4. The second-order valence-corrected chi connectivity index (χ2v) is 6.88. The minimum Gasteiger partial charge on any atom is -0.497 e. The average Bonchev–Trinajstić information content (AvgIpc) is 2.96. The molecule has 0 spiro atoms. The Morgan fingerprint density at radius 3 is 2.56 bits per heavy atom. The van der Waals surface area contributed by atoms with E-state index in [2.05, 4.69) is 4.99 Å². The maximum Gasteiger partial charge on any atom is 0.335 e. The van der Waals surface area contributed by atoms with E-state index in [9.17, 15) is 9.59 Å². The number of carboxylic acid groups (broad SMARTS) is 1. The van der Waals surface area contributed by atoms with E-state index in [1.54, 1.807) is 26.3 Å². The molecule has 138 valence electrons. The third-order valence-electron chi connectivity index (χ3n) is 4.14. The van der Waals surface area contributed by atoms with Gasteiger partial charge in [0, 0.05) is 7.05 Å². The molecular formula is C20H18N2O4S. The summed E-state index contributed by atoms with van der Waals surface area (Å²) in [5.41, 5.74) is 2.36. The van der Waals surface area contributed by atoms with E-state index < -0.39 is 5.97 Å². The number of carbonyl (C=O) groups is 2. The van der Waals surface area contributed by atoms with Crippen molar-refractivity contribution in [1.82, 2.24) is 4.90 Å². The monoisotopic (exact) mass is 382 g/mol. The molecule has 2 aromatic rings. The summed E-state index contributed by atoms with van der Waals surface area (Å²) in [5, 5.41) is 9.61. The van der Waals surface area contributed by atoms with E-state index in [4.69, 9.17) is 9.84 Å². The topological polar surface area (TPSA) is 79.2 Å². The van der Waals surface area contributed by atoms with Crippen molar-refractivity contribution in [2.75, 3.05) is 14.2 Å². The zero-order valence-corrected chi connectivity index (χ0v) is 15.9. The smallest absolute Gasteiger partial charge is 0.335 e. The Labute approximate surface area is 161 Å². The number of aromatic carboxylic acids is 1. The molecule has 6 nitrogen and oxygen atoms in total. The lowest BCUT2D eigenvalue weighted by Crippen LogP contribution is -2.23. The summed E-state index contributed by atoms with van der Waals surface area (Å²) in [6.45, 7) is 1.89. The van der Waals surface area contributed by atoms with Crippen LogP contribution in [0.1, 0.15) is 22.8 Å². The standard InChI is InChI=1S/C20H18N2O4S/c1-12(13-6-5-9-16(11-13)26-3)17-18(23)22(2)20(27-17)21-15-8-4-7-14(10-15)19(24)25/h4-11H,1-3H3,(H,24,25)/b17-12-,21-20?. The first-order valence-electron chi connectivity index (χ1n) is 8.14. The lowest BCUT2D eigenvalue weighted by Gasteiger charge is -2.08. The van der Waals surface area contributed by atoms with Gasteiger partial charge in [-0.3, -0.25) is 9.69 Å². The molecule has 0 bridgehead atoms. The molecule has 7 heteroatoms. The van der Waals surface area contributed by atoms with Gasteiger partial charge in [0.25, 0.3) is 5.91 Å². The van der Waals surface area contributed by atoms with Crippen molar-refractivity contribution < 1.29 is 19.4 Å². The van der Waals surface area contributed by atoms with Gasteiger partial charge in [0.1, 0.15) is 5.75 Å². The SMILES string of the molecule is COc1cccc(/C(C)=C2\SC(=Nc3cccc(C(=O)O)c3)N(C)C2=O)c1. The number of methoxy groups -OCH3 is 1. The summed E-state index contributed by atoms with van der Waals surface area (Å²) in [5.74, 6) is -0.445. The number of aliphatic imine (C=N–C) groups is 1. The van der Waals surface area contributed by atoms with Crippen molar-refractivity contribution in [2.24, 2.45) is 4.99 Å². The van der Waals surface area contributed by atoms with E-state index in [-0.39, 0.29) is 11.5 Å². The highest BCUT2D eigenvalue weighted by Gasteiger charge is 2.32. The van der Waals surface area contributed by atoms with Crippen molar-refractivity contribution in [3.63, 3.8) is 0 Å². The third-order valence-corrected chi connectivity index (χ3v) is 5.37. The first kappa shape index (κ1) is 18.7. The number of carbonyl (C=O) groups excluding carboxylic acids is 1. The quantitative estimate of drug-likeness (QED) is 0.808. The summed E-state index contributed by atoms with van der Waals surface area (Å²) in [4.78, 5) is 30.3. The Morgan fingerprint density at radius 2 is 1.85 bits per heavy atom. The molecule has 0 aliphatic carbocycles. The van der Waals surface area contributed by atoms with Crippen LogP contribution in [0.15, 0.2) is 58.4 Å². The van der Waals surface area contributed by atoms with E-state index in [1.165, 1.54) is 28.8 Å². The summed E-state index contributed by atoms with van der Waals surface area (Å²) in [6.07, 6.45) is 0. The van der Waals surface area contributed by atoms with Gasteiger partial charge < -0.3 is 9.84 Å². The van der Waals surface area contributed by atoms with Gasteiger partial charge >= 0.3 is 5.97 Å². The number of amides is 1. The van der Waals surface area contributed by atoms with E-state index >= 15 is 0 Å². The number of rotatable bonds is 4. The largest absolute Gasteiger partial charge is 0.497 e. The molecule has 1 fully saturated rings. The maximum absolute atomic E-state index is 12.7. The number of ether oxygens (including phenoxy) is 1. The number of hydrogen-bond donors (Lipinski definition) is 1. The molecule has 1 N–H and O–H groups in total. The Morgan fingerprint density at radius 1 is 1.15 bits per heavy atom. The van der Waals surface area contributed by atoms with Crippen molar-refractivity contribution in [2.45, 2.75) is 6.92 Å². The first-order chi connectivity index (χ1) is 12.9. The number of carboxylic acids is 1. The Hall–Kier alpha value is -3.06. The Balaban J connectivity index is 1.96. The second kappa shape index (κ2) is 7.67. The Kier molecular flexibility index (Phi) is 5.32. The minimum atomic E-state index is -1.02. The summed E-state index contributed by atoms with van der Waals surface area (Å²) >= 11 is 1.27. The van der Waals surface area contributed by atoms with Crippen LogP contribution in [-0.4, -0.2) is 41.2 Å². The van der Waals surface area contributed by atoms with Gasteiger partial charge in [-0.25, -0.2) is 9.79 Å². The van der Waals surface area contributed by atoms with Crippen LogP contribution >= 0.6 is 11.8 Å². The van der Waals surface area contributed by atoms with Gasteiger partial charge in [-0.05, 0) is 60.2 Å². The lowest BCUT2D eigenvalue weighted by atomic mass is 10.1. The average molecular weight is 382 g/mol. The number of hydrogen-bond acceptors (Lipinski definition) is 5. The van der Waals surface area contributed by atoms with Crippen LogP contribution in [0.25, 0.3) is 5.57 Å². The molecule has 1 saturated heterocycles. The fourth-order valence-corrected chi connectivity index (χ4v) is 3.63. The summed E-state index contributed by atoms with van der Waals surface area (Å²) in [6, 6.07) is 13.8. The highest BCUT2D eigenvalue weighted by molar-refractivity contribution is 8.18. The predicted octanol–water partition coefficient (Wildman–Crippen LogP) is 4.02. The van der Waals surface area contributed by atoms with Crippen LogP contribution in [0.5, 0.6) is 5.75 Å². The molecule has 3 rings (SSSR count). The van der Waals surface area contributed by atoms with Crippen LogP contribution < -0.4 is 4.74 Å². The van der Waals surface area contributed by atoms with Gasteiger partial charge in [-0.1, -0.05) is 18.2 Å². The van der Waals surface area contributed by atoms with Gasteiger partial charge in [0.05, 0.1) is 23.3 Å². The number of thioether (sulfide) groups is 1. The van der Waals surface area contributed by atoms with Gasteiger partial charge in [0.2, 0.25) is 0 Å². The number of amidine groups is 1. The molecule has 1 aliphatic rings. The zero-order chi connectivity index (χ0) is 19.6. The van der Waals surface area contributed by atoms with Crippen LogP contribution in [0.4, 0.5) is 5.69 Å². The van der Waals surface area contributed by atoms with Gasteiger partial charge in [-0.2, -0.15) is 0 Å². The van der Waals surface area contributed by atoms with E-state index in [0.717, 1.165) is 16.9 Å². The summed E-state index contributed by atoms with van der Waals surface area (Å²) < 4.78 is 5.25. The molecule has 2 aromatic carbocycles. The van der Waals surface area contributed by atoms with Crippen molar-refractivity contribution in [3.8, 4) is 5.75 Å². The zero-order valence-electron chi connectivity index (χ0n) is 15.1. The van der Waals surface area contributed by atoms with E-state index in [1.807, 2.05) is 31.2 Å². The fourth-order valence-electron chi connectivity index (χ4n) is 2.58. The maximum atomic E-state index is 12.7. The molecule has 1 heterocycles. The minimum absolute atomic E-state index is 0.145. The highest BCUT2D eigenvalue weighted by Crippen LogP contribution is 2.37. The first-order valence-corrected chi connectivity index (χ1v) is 8.95. The molecular weight excluding hydrogens is 364 g/mol. The van der Waals surface area contributed by atoms with Crippen LogP contribution in [-0.2, 0) is 4.79 Å². The number of nitrogens with zero attached hydrogens (tertiary/aromatic N) is 2. The molecule has 0 aromatic heterocycles. The van der Waals surface area contributed by atoms with E-state index in [0.29, 0.717) is 15.8 Å².